The number of benzene rings is 3. The smallest absolute Gasteiger partial charge is 0.312 e. The lowest BCUT2D eigenvalue weighted by Crippen LogP contribution is -2.34. The quantitative estimate of drug-likeness (QED) is 0.396. The van der Waals surface area contributed by atoms with Gasteiger partial charge in [0.25, 0.3) is 0 Å². The van der Waals surface area contributed by atoms with Crippen molar-refractivity contribution in [2.75, 3.05) is 0 Å². The Kier molecular flexibility index (Phi) is 5.92. The van der Waals surface area contributed by atoms with E-state index in [0.29, 0.717) is 11.8 Å². The molecule has 0 bridgehead atoms. The van der Waals surface area contributed by atoms with Crippen LogP contribution in [0.2, 0.25) is 0 Å². The molecule has 168 valence electrons. The van der Waals surface area contributed by atoms with E-state index in [1.165, 1.54) is 33.0 Å². The summed E-state index contributed by atoms with van der Waals surface area (Å²) < 4.78 is 5.84. The highest BCUT2D eigenvalue weighted by Gasteiger charge is 2.40. The maximum absolute atomic E-state index is 12.2. The van der Waals surface area contributed by atoms with Gasteiger partial charge in [-0.2, -0.15) is 0 Å². The van der Waals surface area contributed by atoms with Gasteiger partial charge in [-0.15, -0.1) is 0 Å². The van der Waals surface area contributed by atoms with Crippen LogP contribution in [0.25, 0.3) is 10.8 Å². The van der Waals surface area contributed by atoms with Crippen LogP contribution in [0.4, 0.5) is 0 Å². The number of carbonyl (C=O) groups excluding carboxylic acids is 1. The zero-order chi connectivity index (χ0) is 23.1. The van der Waals surface area contributed by atoms with Crippen molar-refractivity contribution in [1.82, 2.24) is 0 Å². The minimum atomic E-state index is -0.444. The minimum Gasteiger partial charge on any atom is -0.454 e. The number of hydrogen-bond donors (Lipinski definition) is 0. The SMILES string of the molecule is CC1c2cccc3cccc(c23)C1C.CCC(C)(C)C(=O)OC1(C)CCc2ccccc21. The molecule has 3 aromatic carbocycles. The summed E-state index contributed by atoms with van der Waals surface area (Å²) in [4.78, 5) is 12.2. The fourth-order valence-corrected chi connectivity index (χ4v) is 5.05. The Morgan fingerprint density at radius 1 is 0.969 bits per heavy atom. The number of aryl methyl sites for hydroxylation is 1. The van der Waals surface area contributed by atoms with Crippen LogP contribution in [-0.4, -0.2) is 5.97 Å². The number of hydrogen-bond acceptors (Lipinski definition) is 2. The zero-order valence-electron chi connectivity index (χ0n) is 20.4. The molecule has 2 heteroatoms. The molecule has 0 radical (unpaired) electrons. The average Bonchev–Trinajstić information content (AvgIpc) is 3.26. The van der Waals surface area contributed by atoms with Gasteiger partial charge in [0, 0.05) is 0 Å². The monoisotopic (exact) mass is 428 g/mol. The lowest BCUT2D eigenvalue weighted by molar-refractivity contribution is -0.170. The Balaban J connectivity index is 0.000000157. The van der Waals surface area contributed by atoms with E-state index in [1.807, 2.05) is 39.8 Å². The van der Waals surface area contributed by atoms with Gasteiger partial charge in [-0.25, -0.2) is 0 Å². The topological polar surface area (TPSA) is 26.3 Å². The van der Waals surface area contributed by atoms with Crippen LogP contribution in [0, 0.1) is 5.41 Å². The zero-order valence-corrected chi connectivity index (χ0v) is 20.4. The standard InChI is InChI=1S/C16H22O2.C14H14/c1-5-15(2,3)14(17)18-16(4)11-10-12-8-6-7-9-13(12)16;1-9-10(2)13-8-4-6-11-5-3-7-12(9)14(11)13/h6-9H,5,10-11H2,1-4H3;3-10H,1-2H3. The Bertz CT molecular complexity index is 1100. The Labute approximate surface area is 193 Å². The maximum Gasteiger partial charge on any atom is 0.312 e. The summed E-state index contributed by atoms with van der Waals surface area (Å²) in [6.07, 6.45) is 2.67. The third-order valence-electron chi connectivity index (χ3n) is 7.91. The van der Waals surface area contributed by atoms with Crippen molar-refractivity contribution in [1.29, 1.82) is 0 Å². The molecule has 0 aliphatic heterocycles. The summed E-state index contributed by atoms with van der Waals surface area (Å²) in [6.45, 7) is 12.6. The molecule has 0 N–H and O–H groups in total. The molecule has 0 aromatic heterocycles. The number of carbonyl (C=O) groups is 1. The predicted molar refractivity (Wildman–Crippen MR) is 133 cm³/mol. The number of esters is 1. The van der Waals surface area contributed by atoms with Crippen LogP contribution in [-0.2, 0) is 21.6 Å². The summed E-state index contributed by atoms with van der Waals surface area (Å²) in [7, 11) is 0. The van der Waals surface area contributed by atoms with E-state index in [1.54, 1.807) is 0 Å². The largest absolute Gasteiger partial charge is 0.454 e. The molecule has 3 unspecified atom stereocenters. The molecule has 0 saturated heterocycles. The summed E-state index contributed by atoms with van der Waals surface area (Å²) in [5.74, 6) is 1.26. The van der Waals surface area contributed by atoms with Crippen molar-refractivity contribution in [2.45, 2.75) is 78.2 Å². The van der Waals surface area contributed by atoms with E-state index in [0.717, 1.165) is 19.3 Å². The Hall–Kier alpha value is -2.61. The van der Waals surface area contributed by atoms with Crippen LogP contribution < -0.4 is 0 Å². The predicted octanol–water partition coefficient (Wildman–Crippen LogP) is 7.89. The summed E-state index contributed by atoms with van der Waals surface area (Å²) >= 11 is 0. The average molecular weight is 429 g/mol. The van der Waals surface area contributed by atoms with E-state index >= 15 is 0 Å². The van der Waals surface area contributed by atoms with Gasteiger partial charge >= 0.3 is 5.97 Å². The second kappa shape index (κ2) is 8.39. The molecule has 0 amide bonds. The Morgan fingerprint density at radius 3 is 2.16 bits per heavy atom. The minimum absolute atomic E-state index is 0.0933. The van der Waals surface area contributed by atoms with Gasteiger partial charge in [0.15, 0.2) is 0 Å². The number of rotatable bonds is 3. The molecule has 32 heavy (non-hydrogen) atoms. The molecule has 5 rings (SSSR count). The molecule has 2 aliphatic carbocycles. The van der Waals surface area contributed by atoms with Gasteiger partial charge < -0.3 is 4.74 Å². The fraction of sp³-hybridized carbons (Fsp3) is 0.433. The van der Waals surface area contributed by atoms with Gasteiger partial charge in [-0.1, -0.05) is 81.4 Å². The van der Waals surface area contributed by atoms with E-state index in [4.69, 9.17) is 4.74 Å². The normalized spacial score (nSPS) is 23.4. The van der Waals surface area contributed by atoms with Crippen LogP contribution in [0.1, 0.15) is 88.5 Å². The summed E-state index contributed by atoms with van der Waals surface area (Å²) in [6, 6.07) is 21.6. The first-order chi connectivity index (χ1) is 15.2. The molecule has 3 atom stereocenters. The van der Waals surface area contributed by atoms with Crippen molar-refractivity contribution in [3.05, 3.63) is 82.9 Å². The third-order valence-corrected chi connectivity index (χ3v) is 7.91. The molecule has 0 spiro atoms. The van der Waals surface area contributed by atoms with Crippen LogP contribution >= 0.6 is 0 Å². The lowest BCUT2D eigenvalue weighted by Gasteiger charge is -2.31. The van der Waals surface area contributed by atoms with Gasteiger partial charge in [0.1, 0.15) is 5.60 Å². The first-order valence-corrected chi connectivity index (χ1v) is 12.0. The summed E-state index contributed by atoms with van der Waals surface area (Å²) in [5, 5.41) is 2.91. The van der Waals surface area contributed by atoms with Gasteiger partial charge in [0.05, 0.1) is 5.41 Å². The van der Waals surface area contributed by atoms with E-state index in [2.05, 4.69) is 62.4 Å². The number of ether oxygens (including phenoxy) is 1. The van der Waals surface area contributed by atoms with Crippen LogP contribution in [0.5, 0.6) is 0 Å². The van der Waals surface area contributed by atoms with Crippen LogP contribution in [0.3, 0.4) is 0 Å². The second-order valence-corrected chi connectivity index (χ2v) is 10.4. The molecule has 0 fully saturated rings. The molecule has 0 heterocycles. The Morgan fingerprint density at radius 2 is 1.56 bits per heavy atom. The van der Waals surface area contributed by atoms with Crippen LogP contribution in [0.15, 0.2) is 60.7 Å². The molecular formula is C30H36O2. The highest BCUT2D eigenvalue weighted by molar-refractivity contribution is 5.92. The molecular weight excluding hydrogens is 392 g/mol. The molecule has 2 nitrogen and oxygen atoms in total. The molecule has 2 aliphatic rings. The van der Waals surface area contributed by atoms with E-state index in [9.17, 15) is 4.79 Å². The lowest BCUT2D eigenvalue weighted by atomic mass is 9.89. The first-order valence-electron chi connectivity index (χ1n) is 12.0. The second-order valence-electron chi connectivity index (χ2n) is 10.4. The highest BCUT2D eigenvalue weighted by Crippen LogP contribution is 2.46. The van der Waals surface area contributed by atoms with Crippen molar-refractivity contribution >= 4 is 16.7 Å². The van der Waals surface area contributed by atoms with Crippen molar-refractivity contribution in [3.8, 4) is 0 Å². The van der Waals surface area contributed by atoms with E-state index < -0.39 is 11.0 Å². The third kappa shape index (κ3) is 3.85. The van der Waals surface area contributed by atoms with E-state index in [-0.39, 0.29) is 5.97 Å². The number of fused-ring (bicyclic) bond motifs is 1. The van der Waals surface area contributed by atoms with Gasteiger partial charge in [-0.3, -0.25) is 4.79 Å². The highest BCUT2D eigenvalue weighted by atomic mass is 16.6. The van der Waals surface area contributed by atoms with Crippen molar-refractivity contribution in [3.63, 3.8) is 0 Å². The first kappa shape index (κ1) is 22.6. The fourth-order valence-electron chi connectivity index (χ4n) is 5.05. The van der Waals surface area contributed by atoms with Crippen molar-refractivity contribution in [2.24, 2.45) is 5.41 Å². The van der Waals surface area contributed by atoms with Crippen molar-refractivity contribution < 1.29 is 9.53 Å². The summed E-state index contributed by atoms with van der Waals surface area (Å²) in [5.41, 5.74) is 4.70. The molecule has 0 saturated carbocycles. The molecule has 3 aromatic rings. The maximum atomic E-state index is 12.2. The van der Waals surface area contributed by atoms with Gasteiger partial charge in [0.2, 0.25) is 0 Å². The van der Waals surface area contributed by atoms with Gasteiger partial charge in [-0.05, 0) is 84.9 Å².